The van der Waals surface area contributed by atoms with Gasteiger partial charge in [0.05, 0.1) is 17.8 Å². The van der Waals surface area contributed by atoms with Crippen molar-refractivity contribution in [3.8, 4) is 17.1 Å². The summed E-state index contributed by atoms with van der Waals surface area (Å²) in [4.78, 5) is 12.4. The van der Waals surface area contributed by atoms with E-state index < -0.39 is 5.97 Å². The van der Waals surface area contributed by atoms with Gasteiger partial charge in [0.2, 0.25) is 10.2 Å². The van der Waals surface area contributed by atoms with Gasteiger partial charge in [0.15, 0.2) is 5.82 Å². The summed E-state index contributed by atoms with van der Waals surface area (Å²) in [5, 5.41) is 13.9. The molecular formula is C23H18ClN5O2S. The molecule has 1 N–H and O–H groups in total. The van der Waals surface area contributed by atoms with Crippen molar-refractivity contribution in [2.24, 2.45) is 5.10 Å². The number of nitrogens with zero attached hydrogens (tertiary/aromatic N) is 4. The average Bonchev–Trinajstić information content (AvgIpc) is 3.26. The Morgan fingerprint density at radius 3 is 2.31 bits per heavy atom. The maximum absolute atomic E-state index is 12.4. The molecule has 0 saturated carbocycles. The van der Waals surface area contributed by atoms with E-state index in [1.54, 1.807) is 18.2 Å². The number of hydrogen-bond acceptors (Lipinski definition) is 7. The number of methoxy groups -OCH3 is 1. The number of esters is 1. The monoisotopic (exact) mass is 463 g/mol. The first kappa shape index (κ1) is 21.6. The van der Waals surface area contributed by atoms with Gasteiger partial charge in [-0.1, -0.05) is 72.3 Å². The van der Waals surface area contributed by atoms with E-state index in [9.17, 15) is 4.79 Å². The Bertz CT molecular complexity index is 1250. The van der Waals surface area contributed by atoms with E-state index in [0.29, 0.717) is 21.7 Å². The van der Waals surface area contributed by atoms with Crippen molar-refractivity contribution in [2.75, 3.05) is 12.5 Å². The van der Waals surface area contributed by atoms with E-state index in [2.05, 4.69) is 20.7 Å². The minimum Gasteiger partial charge on any atom is -0.464 e. The molecule has 32 heavy (non-hydrogen) atoms. The molecule has 3 aromatic carbocycles. The van der Waals surface area contributed by atoms with Crippen molar-refractivity contribution in [2.45, 2.75) is 5.16 Å². The van der Waals surface area contributed by atoms with Gasteiger partial charge in [-0.15, -0.1) is 10.2 Å². The highest BCUT2D eigenvalue weighted by molar-refractivity contribution is 8.15. The number of aromatic nitrogens is 3. The van der Waals surface area contributed by atoms with Crippen molar-refractivity contribution < 1.29 is 9.53 Å². The molecule has 0 saturated heterocycles. The first-order chi connectivity index (χ1) is 15.7. The van der Waals surface area contributed by atoms with E-state index in [1.165, 1.54) is 7.11 Å². The van der Waals surface area contributed by atoms with Crippen LogP contribution in [0.2, 0.25) is 5.02 Å². The molecular weight excluding hydrogens is 446 g/mol. The van der Waals surface area contributed by atoms with Crippen LogP contribution in [0.4, 0.5) is 5.69 Å². The molecule has 0 spiro atoms. The summed E-state index contributed by atoms with van der Waals surface area (Å²) in [7, 11) is 1.30. The zero-order valence-corrected chi connectivity index (χ0v) is 18.5. The van der Waals surface area contributed by atoms with Crippen LogP contribution in [0.1, 0.15) is 0 Å². The number of halogens is 1. The van der Waals surface area contributed by atoms with Crippen molar-refractivity contribution in [1.29, 1.82) is 0 Å². The zero-order valence-electron chi connectivity index (χ0n) is 17.0. The smallest absolute Gasteiger partial charge is 0.365 e. The third-order valence-electron chi connectivity index (χ3n) is 4.38. The van der Waals surface area contributed by atoms with Crippen molar-refractivity contribution >= 4 is 40.1 Å². The number of thioether (sulfide) groups is 1. The fraction of sp³-hybridized carbons (Fsp3) is 0.0435. The van der Waals surface area contributed by atoms with Crippen LogP contribution in [0.3, 0.4) is 0 Å². The maximum atomic E-state index is 12.4. The molecule has 0 unspecified atom stereocenters. The van der Waals surface area contributed by atoms with Crippen LogP contribution >= 0.6 is 23.4 Å². The lowest BCUT2D eigenvalue weighted by Crippen LogP contribution is -2.15. The molecule has 0 aliphatic heterocycles. The number of anilines is 1. The zero-order chi connectivity index (χ0) is 22.3. The highest BCUT2D eigenvalue weighted by atomic mass is 35.5. The van der Waals surface area contributed by atoms with Gasteiger partial charge in [-0.05, 0) is 36.0 Å². The second-order valence-corrected chi connectivity index (χ2v) is 7.81. The van der Waals surface area contributed by atoms with Gasteiger partial charge in [0.25, 0.3) is 0 Å². The predicted molar refractivity (Wildman–Crippen MR) is 127 cm³/mol. The second-order valence-electron chi connectivity index (χ2n) is 6.45. The van der Waals surface area contributed by atoms with Gasteiger partial charge < -0.3 is 4.74 Å². The van der Waals surface area contributed by atoms with Crippen LogP contribution < -0.4 is 5.43 Å². The topological polar surface area (TPSA) is 81.4 Å². The predicted octanol–water partition coefficient (Wildman–Crippen LogP) is 5.28. The average molecular weight is 464 g/mol. The van der Waals surface area contributed by atoms with Gasteiger partial charge in [-0.3, -0.25) is 9.99 Å². The lowest BCUT2D eigenvalue weighted by atomic mass is 10.2. The van der Waals surface area contributed by atoms with Crippen LogP contribution in [-0.2, 0) is 9.53 Å². The lowest BCUT2D eigenvalue weighted by molar-refractivity contribution is -0.132. The summed E-state index contributed by atoms with van der Waals surface area (Å²) >= 11 is 7.22. The third kappa shape index (κ3) is 4.82. The molecule has 160 valence electrons. The minimum absolute atomic E-state index is 0.0524. The minimum atomic E-state index is -0.613. The summed E-state index contributed by atoms with van der Waals surface area (Å²) in [5.41, 5.74) is 5.12. The third-order valence-corrected chi connectivity index (χ3v) is 5.61. The van der Waals surface area contributed by atoms with Crippen LogP contribution in [0.25, 0.3) is 17.1 Å². The summed E-state index contributed by atoms with van der Waals surface area (Å²) < 4.78 is 6.79. The Morgan fingerprint density at radius 1 is 0.969 bits per heavy atom. The Kier molecular flexibility index (Phi) is 6.84. The number of carbonyl (C=O) groups is 1. The van der Waals surface area contributed by atoms with Gasteiger partial charge >= 0.3 is 5.97 Å². The lowest BCUT2D eigenvalue weighted by Gasteiger charge is -2.11. The molecule has 1 heterocycles. The molecule has 4 aromatic rings. The number of carbonyl (C=O) groups excluding carboxylic acids is 1. The fourth-order valence-electron chi connectivity index (χ4n) is 2.87. The molecule has 9 heteroatoms. The Balaban J connectivity index is 1.74. The molecule has 0 fully saturated rings. The quantitative estimate of drug-likeness (QED) is 0.142. The highest BCUT2D eigenvalue weighted by Gasteiger charge is 2.22. The van der Waals surface area contributed by atoms with Gasteiger partial charge in [-0.25, -0.2) is 4.79 Å². The van der Waals surface area contributed by atoms with E-state index in [0.717, 1.165) is 23.0 Å². The largest absolute Gasteiger partial charge is 0.464 e. The van der Waals surface area contributed by atoms with Crippen LogP contribution in [0.5, 0.6) is 0 Å². The Morgan fingerprint density at radius 2 is 1.62 bits per heavy atom. The van der Waals surface area contributed by atoms with Crippen molar-refractivity contribution in [3.63, 3.8) is 0 Å². The van der Waals surface area contributed by atoms with E-state index in [4.69, 9.17) is 16.3 Å². The highest BCUT2D eigenvalue weighted by Crippen LogP contribution is 2.29. The first-order valence-corrected chi connectivity index (χ1v) is 10.8. The van der Waals surface area contributed by atoms with E-state index >= 15 is 0 Å². The SMILES string of the molecule is COC(=O)C(=NNc1ccccc1Cl)Sc1nnc(-c2ccccc2)n1-c1ccccc1. The van der Waals surface area contributed by atoms with Crippen molar-refractivity contribution in [1.82, 2.24) is 14.8 Å². The normalized spacial score (nSPS) is 11.2. The Hall–Kier alpha value is -3.62. The molecule has 0 amide bonds. The van der Waals surface area contributed by atoms with Crippen LogP contribution in [-0.4, -0.2) is 32.9 Å². The van der Waals surface area contributed by atoms with Crippen LogP contribution in [0, 0.1) is 0 Å². The van der Waals surface area contributed by atoms with E-state index in [1.807, 2.05) is 71.3 Å². The van der Waals surface area contributed by atoms with Crippen molar-refractivity contribution in [3.05, 3.63) is 90.0 Å². The summed E-state index contributed by atoms with van der Waals surface area (Å²) in [6, 6.07) is 26.5. The summed E-state index contributed by atoms with van der Waals surface area (Å²) in [6.45, 7) is 0. The number of ether oxygens (including phenoxy) is 1. The van der Waals surface area contributed by atoms with Gasteiger partial charge in [0.1, 0.15) is 0 Å². The van der Waals surface area contributed by atoms with E-state index in [-0.39, 0.29) is 5.04 Å². The molecule has 0 aliphatic carbocycles. The molecule has 0 radical (unpaired) electrons. The summed E-state index contributed by atoms with van der Waals surface area (Å²) in [6.07, 6.45) is 0. The number of hydrogen-bond donors (Lipinski definition) is 1. The maximum Gasteiger partial charge on any atom is 0.365 e. The number of hydrazone groups is 1. The van der Waals surface area contributed by atoms with Gasteiger partial charge in [-0.2, -0.15) is 5.10 Å². The standard InChI is InChI=1S/C23H18ClN5O2S/c1-31-22(30)21(27-25-19-15-9-8-14-18(19)24)32-23-28-26-20(16-10-4-2-5-11-16)29(23)17-12-6-3-7-13-17/h2-15,25H,1H3. The fourth-order valence-corrected chi connectivity index (χ4v) is 3.84. The molecule has 0 aliphatic rings. The van der Waals surface area contributed by atoms with Gasteiger partial charge in [0, 0.05) is 11.3 Å². The summed E-state index contributed by atoms with van der Waals surface area (Å²) in [5.74, 6) is 0.0287. The molecule has 1 aromatic heterocycles. The second kappa shape index (κ2) is 10.1. The molecule has 7 nitrogen and oxygen atoms in total. The number of benzene rings is 3. The van der Waals surface area contributed by atoms with Crippen LogP contribution in [0.15, 0.2) is 95.2 Å². The first-order valence-electron chi connectivity index (χ1n) is 9.58. The number of para-hydroxylation sites is 2. The molecule has 0 bridgehead atoms. The number of nitrogens with one attached hydrogen (secondary N) is 1. The molecule has 0 atom stereocenters. The Labute approximate surface area is 194 Å². The molecule has 4 rings (SSSR count). The number of rotatable bonds is 5.